The number of carbonyl (C=O) groups is 2. The minimum absolute atomic E-state index is 0.153. The summed E-state index contributed by atoms with van der Waals surface area (Å²) in [5, 5.41) is 2.62. The molecule has 25 heavy (non-hydrogen) atoms. The number of nitrogens with one attached hydrogen (secondary N) is 1. The Hall–Kier alpha value is -2.82. The van der Waals surface area contributed by atoms with E-state index in [1.165, 1.54) is 0 Å². The zero-order chi connectivity index (χ0) is 18.8. The van der Waals surface area contributed by atoms with Crippen LogP contribution in [0.25, 0.3) is 0 Å². The minimum atomic E-state index is -0.153. The molecule has 0 bridgehead atoms. The Morgan fingerprint density at radius 3 is 2.28 bits per heavy atom. The predicted molar refractivity (Wildman–Crippen MR) is 105 cm³/mol. The molecule has 0 spiro atoms. The molecule has 0 heterocycles. The smallest absolute Gasteiger partial charge is 0.250 e. The SMILES string of the molecule is C\C=C(/C=C\C(=C/CC)C(=O)NC)N(C=O)c1ccccc1N(C)C. The Bertz CT molecular complexity index is 688. The van der Waals surface area contributed by atoms with Crippen LogP contribution < -0.4 is 15.1 Å². The van der Waals surface area contributed by atoms with Crippen molar-refractivity contribution in [3.05, 3.63) is 59.8 Å². The molecule has 1 aromatic rings. The largest absolute Gasteiger partial charge is 0.376 e. The Balaban J connectivity index is 3.25. The average Bonchev–Trinajstić information content (AvgIpc) is 2.63. The van der Waals surface area contributed by atoms with Crippen molar-refractivity contribution in [3.8, 4) is 0 Å². The van der Waals surface area contributed by atoms with E-state index >= 15 is 0 Å². The second kappa shape index (κ2) is 10.1. The van der Waals surface area contributed by atoms with Gasteiger partial charge in [0, 0.05) is 32.4 Å². The fraction of sp³-hybridized carbons (Fsp3) is 0.300. The van der Waals surface area contributed by atoms with Crippen molar-refractivity contribution in [3.63, 3.8) is 0 Å². The van der Waals surface area contributed by atoms with Gasteiger partial charge in [0.15, 0.2) is 0 Å². The molecular weight excluding hydrogens is 314 g/mol. The van der Waals surface area contributed by atoms with E-state index in [1.807, 2.05) is 69.3 Å². The van der Waals surface area contributed by atoms with E-state index < -0.39 is 0 Å². The van der Waals surface area contributed by atoms with E-state index in [4.69, 9.17) is 0 Å². The lowest BCUT2D eigenvalue weighted by atomic mass is 10.1. The first kappa shape index (κ1) is 20.2. The second-order valence-electron chi connectivity index (χ2n) is 5.55. The van der Waals surface area contributed by atoms with E-state index in [9.17, 15) is 9.59 Å². The van der Waals surface area contributed by atoms with Crippen LogP contribution in [0, 0.1) is 0 Å². The molecule has 0 saturated heterocycles. The van der Waals surface area contributed by atoms with E-state index in [2.05, 4.69) is 5.32 Å². The number of allylic oxidation sites excluding steroid dienone is 3. The highest BCUT2D eigenvalue weighted by Gasteiger charge is 2.14. The Morgan fingerprint density at radius 2 is 1.80 bits per heavy atom. The van der Waals surface area contributed by atoms with Crippen LogP contribution in [0.2, 0.25) is 0 Å². The lowest BCUT2D eigenvalue weighted by Gasteiger charge is -2.25. The molecule has 1 N–H and O–H groups in total. The number of hydrogen-bond donors (Lipinski definition) is 1. The maximum atomic E-state index is 11.9. The monoisotopic (exact) mass is 341 g/mol. The number of anilines is 2. The van der Waals surface area contributed by atoms with Crippen molar-refractivity contribution in [1.29, 1.82) is 0 Å². The molecule has 134 valence electrons. The highest BCUT2D eigenvalue weighted by atomic mass is 16.1. The third kappa shape index (κ3) is 5.35. The zero-order valence-corrected chi connectivity index (χ0v) is 15.6. The van der Waals surface area contributed by atoms with Gasteiger partial charge in [-0.15, -0.1) is 0 Å². The number of amides is 2. The quantitative estimate of drug-likeness (QED) is 0.449. The first-order chi connectivity index (χ1) is 12.0. The van der Waals surface area contributed by atoms with Crippen molar-refractivity contribution < 1.29 is 9.59 Å². The lowest BCUT2D eigenvalue weighted by molar-refractivity contribution is -0.116. The van der Waals surface area contributed by atoms with Crippen LogP contribution in [0.4, 0.5) is 11.4 Å². The third-order valence-corrected chi connectivity index (χ3v) is 3.65. The molecule has 2 amide bonds. The number of carbonyl (C=O) groups excluding carboxylic acids is 2. The summed E-state index contributed by atoms with van der Waals surface area (Å²) in [4.78, 5) is 27.2. The van der Waals surface area contributed by atoms with E-state index in [0.29, 0.717) is 11.3 Å². The summed E-state index contributed by atoms with van der Waals surface area (Å²) in [7, 11) is 5.46. The van der Waals surface area contributed by atoms with E-state index in [0.717, 1.165) is 24.2 Å². The molecule has 5 nitrogen and oxygen atoms in total. The van der Waals surface area contributed by atoms with Gasteiger partial charge in [-0.05, 0) is 37.6 Å². The van der Waals surface area contributed by atoms with Crippen molar-refractivity contribution in [1.82, 2.24) is 5.32 Å². The standard InChI is InChI=1S/C20H27N3O2/c1-6-10-16(20(25)21-3)13-14-17(7-2)23(15-24)19-12-9-8-11-18(19)22(4)5/h7-15H,6H2,1-5H3,(H,21,25)/b14-13-,16-10+,17-7+. The molecule has 1 rings (SSSR count). The number of hydrogen-bond acceptors (Lipinski definition) is 3. The predicted octanol–water partition coefficient (Wildman–Crippen LogP) is 3.26. The first-order valence-corrected chi connectivity index (χ1v) is 8.27. The maximum absolute atomic E-state index is 11.9. The van der Waals surface area contributed by atoms with Crippen LogP contribution >= 0.6 is 0 Å². The molecule has 0 aliphatic carbocycles. The molecule has 0 fully saturated rings. The Kier molecular flexibility index (Phi) is 8.19. The fourth-order valence-electron chi connectivity index (χ4n) is 2.39. The van der Waals surface area contributed by atoms with Crippen LogP contribution in [0.1, 0.15) is 20.3 Å². The first-order valence-electron chi connectivity index (χ1n) is 8.27. The van der Waals surface area contributed by atoms with Gasteiger partial charge < -0.3 is 10.2 Å². The molecule has 0 aliphatic heterocycles. The van der Waals surface area contributed by atoms with Crippen molar-refractivity contribution in [2.24, 2.45) is 0 Å². The summed E-state index contributed by atoms with van der Waals surface area (Å²) in [6, 6.07) is 7.67. The van der Waals surface area contributed by atoms with Gasteiger partial charge in [-0.1, -0.05) is 31.2 Å². The second-order valence-corrected chi connectivity index (χ2v) is 5.55. The van der Waals surface area contributed by atoms with Gasteiger partial charge in [0.05, 0.1) is 11.4 Å². The molecule has 0 saturated carbocycles. The van der Waals surface area contributed by atoms with E-state index in [1.54, 1.807) is 24.1 Å². The molecular formula is C20H27N3O2. The van der Waals surface area contributed by atoms with Crippen LogP contribution in [0.3, 0.4) is 0 Å². The lowest BCUT2D eigenvalue weighted by Crippen LogP contribution is -2.23. The van der Waals surface area contributed by atoms with Gasteiger partial charge in [0.25, 0.3) is 5.91 Å². The fourth-order valence-corrected chi connectivity index (χ4v) is 2.39. The molecule has 0 aliphatic rings. The summed E-state index contributed by atoms with van der Waals surface area (Å²) >= 11 is 0. The van der Waals surface area contributed by atoms with Crippen molar-refractivity contribution >= 4 is 23.7 Å². The molecule has 0 atom stereocenters. The topological polar surface area (TPSA) is 52.7 Å². The minimum Gasteiger partial charge on any atom is -0.376 e. The van der Waals surface area contributed by atoms with E-state index in [-0.39, 0.29) is 5.91 Å². The van der Waals surface area contributed by atoms with Gasteiger partial charge in [0.2, 0.25) is 6.41 Å². The normalized spacial score (nSPS) is 12.2. The number of likely N-dealkylation sites (N-methyl/N-ethyl adjacent to an activating group) is 1. The summed E-state index contributed by atoms with van der Waals surface area (Å²) in [5.41, 5.74) is 2.96. The molecule has 0 unspecified atom stereocenters. The number of nitrogens with zero attached hydrogens (tertiary/aromatic N) is 2. The summed E-state index contributed by atoms with van der Waals surface area (Å²) in [6.07, 6.45) is 8.72. The number of benzene rings is 1. The Labute approximate surface area is 150 Å². The average molecular weight is 341 g/mol. The zero-order valence-electron chi connectivity index (χ0n) is 15.6. The van der Waals surface area contributed by atoms with Crippen molar-refractivity contribution in [2.45, 2.75) is 20.3 Å². The summed E-state index contributed by atoms with van der Waals surface area (Å²) in [6.45, 7) is 3.83. The third-order valence-electron chi connectivity index (χ3n) is 3.65. The van der Waals surface area contributed by atoms with Gasteiger partial charge in [-0.25, -0.2) is 0 Å². The summed E-state index contributed by atoms with van der Waals surface area (Å²) in [5.74, 6) is -0.153. The van der Waals surface area contributed by atoms with Crippen molar-refractivity contribution in [2.75, 3.05) is 30.9 Å². The molecule has 0 radical (unpaired) electrons. The maximum Gasteiger partial charge on any atom is 0.250 e. The molecule has 5 heteroatoms. The van der Waals surface area contributed by atoms with Gasteiger partial charge >= 0.3 is 0 Å². The molecule has 1 aromatic carbocycles. The Morgan fingerprint density at radius 1 is 1.16 bits per heavy atom. The van der Waals surface area contributed by atoms with Crippen LogP contribution in [0.5, 0.6) is 0 Å². The summed E-state index contributed by atoms with van der Waals surface area (Å²) < 4.78 is 0. The molecule has 0 aromatic heterocycles. The van der Waals surface area contributed by atoms with Crippen LogP contribution in [-0.2, 0) is 9.59 Å². The highest BCUT2D eigenvalue weighted by Crippen LogP contribution is 2.29. The highest BCUT2D eigenvalue weighted by molar-refractivity contribution is 5.96. The van der Waals surface area contributed by atoms with Gasteiger partial charge in [0.1, 0.15) is 0 Å². The van der Waals surface area contributed by atoms with Crippen LogP contribution in [0.15, 0.2) is 59.8 Å². The van der Waals surface area contributed by atoms with Gasteiger partial charge in [-0.3, -0.25) is 14.5 Å². The van der Waals surface area contributed by atoms with Gasteiger partial charge in [-0.2, -0.15) is 0 Å². The van der Waals surface area contributed by atoms with Crippen LogP contribution in [-0.4, -0.2) is 33.5 Å². The number of para-hydroxylation sites is 2. The number of rotatable bonds is 8.